The summed E-state index contributed by atoms with van der Waals surface area (Å²) in [5.41, 5.74) is 2.63. The monoisotopic (exact) mass is 364 g/mol. The Bertz CT molecular complexity index is 625. The predicted molar refractivity (Wildman–Crippen MR) is 99.1 cm³/mol. The number of urea groups is 1. The van der Waals surface area contributed by atoms with Crippen molar-refractivity contribution in [1.29, 1.82) is 0 Å². The van der Waals surface area contributed by atoms with Crippen molar-refractivity contribution >= 4 is 23.7 Å². The maximum atomic E-state index is 12.4. The van der Waals surface area contributed by atoms with E-state index in [1.54, 1.807) is 13.8 Å². The lowest BCUT2D eigenvalue weighted by atomic mass is 9.96. The highest BCUT2D eigenvalue weighted by atomic mass is 16.6. The molecule has 144 valence electrons. The van der Waals surface area contributed by atoms with Gasteiger partial charge >= 0.3 is 18.0 Å². The highest BCUT2D eigenvalue weighted by molar-refractivity contribution is 6.04. The number of anilines is 1. The van der Waals surface area contributed by atoms with Gasteiger partial charge in [-0.2, -0.15) is 0 Å². The van der Waals surface area contributed by atoms with Crippen LogP contribution in [0.25, 0.3) is 0 Å². The molecule has 0 bridgehead atoms. The predicted octanol–water partition coefficient (Wildman–Crippen LogP) is 2.99. The van der Waals surface area contributed by atoms with E-state index in [0.29, 0.717) is 5.69 Å². The van der Waals surface area contributed by atoms with Crippen LogP contribution in [0.4, 0.5) is 10.5 Å². The smallest absolute Gasteiger partial charge is 0.340 e. The lowest BCUT2D eigenvalue weighted by molar-refractivity contribution is -0.157. The summed E-state index contributed by atoms with van der Waals surface area (Å²) in [5, 5.41) is 5.12. The average molecular weight is 364 g/mol. The first-order valence-electron chi connectivity index (χ1n) is 8.88. The van der Waals surface area contributed by atoms with E-state index in [0.717, 1.165) is 17.5 Å². The Morgan fingerprint density at radius 3 is 2.04 bits per heavy atom. The fourth-order valence-corrected chi connectivity index (χ4v) is 2.49. The summed E-state index contributed by atoms with van der Waals surface area (Å²) in [5.74, 6) is -1.51. The molecule has 0 radical (unpaired) electrons. The van der Waals surface area contributed by atoms with Gasteiger partial charge in [0.15, 0.2) is 0 Å². The van der Waals surface area contributed by atoms with Gasteiger partial charge in [-0.25, -0.2) is 14.4 Å². The first kappa shape index (κ1) is 21.5. The van der Waals surface area contributed by atoms with Crippen LogP contribution >= 0.6 is 0 Å². The number of carbonyl (C=O) groups excluding carboxylic acids is 3. The van der Waals surface area contributed by atoms with Gasteiger partial charge in [0.25, 0.3) is 0 Å². The second-order valence-corrected chi connectivity index (χ2v) is 5.93. The minimum Gasteiger partial charge on any atom is -0.464 e. The number of ether oxygens (including phenoxy) is 2. The van der Waals surface area contributed by atoms with Crippen molar-refractivity contribution in [3.05, 3.63) is 29.3 Å². The first-order valence-corrected chi connectivity index (χ1v) is 8.88. The van der Waals surface area contributed by atoms with Crippen LogP contribution in [0.15, 0.2) is 18.2 Å². The van der Waals surface area contributed by atoms with E-state index in [1.807, 2.05) is 39.0 Å². The third-order valence-corrected chi connectivity index (χ3v) is 3.74. The molecule has 0 heterocycles. The Kier molecular flexibility index (Phi) is 8.61. The molecule has 7 heteroatoms. The fourth-order valence-electron chi connectivity index (χ4n) is 2.49. The first-order chi connectivity index (χ1) is 12.3. The van der Waals surface area contributed by atoms with Gasteiger partial charge in [-0.3, -0.25) is 0 Å². The summed E-state index contributed by atoms with van der Waals surface area (Å²) >= 11 is 0. The molecule has 2 N–H and O–H groups in total. The zero-order valence-electron chi connectivity index (χ0n) is 16.0. The number of esters is 2. The second kappa shape index (κ2) is 10.4. The molecule has 0 unspecified atom stereocenters. The number of nitrogens with one attached hydrogen (secondary N) is 2. The molecular formula is C19H28N2O5. The quantitative estimate of drug-likeness (QED) is 0.546. The normalized spacial score (nSPS) is 10.6. The summed E-state index contributed by atoms with van der Waals surface area (Å²) in [4.78, 5) is 36.4. The van der Waals surface area contributed by atoms with Crippen LogP contribution in [0.1, 0.15) is 51.7 Å². The van der Waals surface area contributed by atoms with Crippen molar-refractivity contribution in [2.75, 3.05) is 18.5 Å². The van der Waals surface area contributed by atoms with E-state index >= 15 is 0 Å². The largest absolute Gasteiger partial charge is 0.464 e. The van der Waals surface area contributed by atoms with Gasteiger partial charge in [-0.05, 0) is 37.3 Å². The van der Waals surface area contributed by atoms with Crippen LogP contribution in [0, 0.1) is 0 Å². The summed E-state index contributed by atoms with van der Waals surface area (Å²) < 4.78 is 9.69. The minimum absolute atomic E-state index is 0.0915. The van der Waals surface area contributed by atoms with Crippen molar-refractivity contribution in [3.8, 4) is 0 Å². The van der Waals surface area contributed by atoms with Crippen molar-refractivity contribution in [2.24, 2.45) is 0 Å². The fraction of sp³-hybridized carbons (Fsp3) is 0.526. The molecule has 0 aliphatic rings. The van der Waals surface area contributed by atoms with Crippen molar-refractivity contribution < 1.29 is 23.9 Å². The number of para-hydroxylation sites is 1. The van der Waals surface area contributed by atoms with E-state index in [1.165, 1.54) is 0 Å². The topological polar surface area (TPSA) is 93.7 Å². The van der Waals surface area contributed by atoms with Crippen molar-refractivity contribution in [2.45, 2.75) is 53.0 Å². The molecule has 1 rings (SSSR count). The number of carbonyl (C=O) groups is 3. The van der Waals surface area contributed by atoms with E-state index in [-0.39, 0.29) is 19.1 Å². The van der Waals surface area contributed by atoms with Gasteiger partial charge < -0.3 is 20.1 Å². The molecule has 7 nitrogen and oxygen atoms in total. The zero-order chi connectivity index (χ0) is 19.7. The summed E-state index contributed by atoms with van der Waals surface area (Å²) in [6.07, 6.45) is 0.732. The molecule has 0 saturated carbocycles. The SMILES string of the molecule is CCOC(=O)C(NC(=O)Nc1c(CC)cccc1C(C)C)C(=O)OCC. The van der Waals surface area contributed by atoms with Crippen LogP contribution in [0.3, 0.4) is 0 Å². The Hall–Kier alpha value is -2.57. The van der Waals surface area contributed by atoms with Gasteiger partial charge in [0.1, 0.15) is 0 Å². The summed E-state index contributed by atoms with van der Waals surface area (Å²) in [6, 6.07) is 3.63. The average Bonchev–Trinajstić information content (AvgIpc) is 2.59. The van der Waals surface area contributed by atoms with Gasteiger partial charge in [0, 0.05) is 5.69 Å². The van der Waals surface area contributed by atoms with Gasteiger partial charge in [0.2, 0.25) is 6.04 Å². The van der Waals surface area contributed by atoms with E-state index in [9.17, 15) is 14.4 Å². The van der Waals surface area contributed by atoms with E-state index in [2.05, 4.69) is 10.6 Å². The third kappa shape index (κ3) is 5.75. The van der Waals surface area contributed by atoms with Crippen LogP contribution < -0.4 is 10.6 Å². The van der Waals surface area contributed by atoms with Crippen molar-refractivity contribution in [3.63, 3.8) is 0 Å². The molecule has 0 aliphatic carbocycles. The molecule has 1 aromatic carbocycles. The van der Waals surface area contributed by atoms with Crippen molar-refractivity contribution in [1.82, 2.24) is 5.32 Å². The third-order valence-electron chi connectivity index (χ3n) is 3.74. The van der Waals surface area contributed by atoms with E-state index < -0.39 is 24.0 Å². The molecular weight excluding hydrogens is 336 g/mol. The van der Waals surface area contributed by atoms with Crippen LogP contribution in [-0.2, 0) is 25.5 Å². The Morgan fingerprint density at radius 1 is 1.00 bits per heavy atom. The summed E-state index contributed by atoms with van der Waals surface area (Å²) in [6.45, 7) is 9.46. The molecule has 0 fully saturated rings. The highest BCUT2D eigenvalue weighted by Gasteiger charge is 2.31. The number of rotatable bonds is 8. The molecule has 0 aromatic heterocycles. The minimum atomic E-state index is -1.51. The molecule has 0 spiro atoms. The molecule has 2 amide bonds. The standard InChI is InChI=1S/C19H28N2O5/c1-6-13-10-9-11-14(12(4)5)15(13)20-19(24)21-16(17(22)25-7-2)18(23)26-8-3/h9-12,16H,6-8H2,1-5H3,(H2,20,21,24). The highest BCUT2D eigenvalue weighted by Crippen LogP contribution is 2.28. The molecule has 0 saturated heterocycles. The Balaban J connectivity index is 3.01. The molecule has 0 aliphatic heterocycles. The molecule has 26 heavy (non-hydrogen) atoms. The number of amides is 2. The van der Waals surface area contributed by atoms with E-state index in [4.69, 9.17) is 9.47 Å². The van der Waals surface area contributed by atoms with Crippen LogP contribution in [0.5, 0.6) is 0 Å². The number of benzene rings is 1. The molecule has 0 atom stereocenters. The van der Waals surface area contributed by atoms with Crippen LogP contribution in [0.2, 0.25) is 0 Å². The zero-order valence-corrected chi connectivity index (χ0v) is 16.0. The maximum absolute atomic E-state index is 12.4. The second-order valence-electron chi connectivity index (χ2n) is 5.93. The number of hydrogen-bond donors (Lipinski definition) is 2. The Labute approximate surface area is 154 Å². The molecule has 1 aromatic rings. The number of aryl methyl sites for hydroxylation is 1. The summed E-state index contributed by atoms with van der Waals surface area (Å²) in [7, 11) is 0. The lowest BCUT2D eigenvalue weighted by Crippen LogP contribution is -2.49. The number of hydrogen-bond acceptors (Lipinski definition) is 5. The van der Waals surface area contributed by atoms with Gasteiger partial charge in [0.05, 0.1) is 13.2 Å². The van der Waals surface area contributed by atoms with Gasteiger partial charge in [-0.15, -0.1) is 0 Å². The maximum Gasteiger partial charge on any atom is 0.340 e. The van der Waals surface area contributed by atoms with Gasteiger partial charge in [-0.1, -0.05) is 39.0 Å². The Morgan fingerprint density at radius 2 is 1.58 bits per heavy atom. The van der Waals surface area contributed by atoms with Crippen LogP contribution in [-0.4, -0.2) is 37.2 Å². The lowest BCUT2D eigenvalue weighted by Gasteiger charge is -2.20.